The van der Waals surface area contributed by atoms with Crippen molar-refractivity contribution in [2.24, 2.45) is 16.6 Å². The van der Waals surface area contributed by atoms with Crippen molar-refractivity contribution in [3.05, 3.63) is 0 Å². The number of hydrogen-bond acceptors (Lipinski definition) is 2. The van der Waals surface area contributed by atoms with E-state index >= 15 is 0 Å². The zero-order chi connectivity index (χ0) is 13.9. The Bertz CT molecular complexity index is 245. The highest BCUT2D eigenvalue weighted by Gasteiger charge is 2.15. The van der Waals surface area contributed by atoms with Gasteiger partial charge in [-0.2, -0.15) is 0 Å². The number of nitrogens with two attached hydrogens (primary N) is 1. The van der Waals surface area contributed by atoms with Crippen molar-refractivity contribution in [1.29, 1.82) is 0 Å². The molecule has 1 fully saturated rings. The summed E-state index contributed by atoms with van der Waals surface area (Å²) in [4.78, 5) is 6.78. The van der Waals surface area contributed by atoms with E-state index in [0.717, 1.165) is 25.4 Å². The molecule has 0 saturated carbocycles. The molecule has 0 atom stereocenters. The first-order valence-corrected chi connectivity index (χ1v) is 7.94. The van der Waals surface area contributed by atoms with Gasteiger partial charge in [-0.3, -0.25) is 4.99 Å². The summed E-state index contributed by atoms with van der Waals surface area (Å²) < 4.78 is 0. The monoisotopic (exact) mass is 268 g/mol. The van der Waals surface area contributed by atoms with Crippen LogP contribution in [0.5, 0.6) is 0 Å². The predicted octanol–water partition coefficient (Wildman–Crippen LogP) is 2.20. The molecule has 0 bridgehead atoms. The van der Waals surface area contributed by atoms with E-state index in [1.165, 1.54) is 51.6 Å². The van der Waals surface area contributed by atoms with Gasteiger partial charge in [0.05, 0.1) is 0 Å². The van der Waals surface area contributed by atoms with Crippen molar-refractivity contribution in [3.63, 3.8) is 0 Å². The quantitative estimate of drug-likeness (QED) is 0.403. The second kappa shape index (κ2) is 10.1. The van der Waals surface area contributed by atoms with Crippen molar-refractivity contribution in [2.75, 3.05) is 33.2 Å². The van der Waals surface area contributed by atoms with Crippen molar-refractivity contribution in [3.8, 4) is 0 Å². The Morgan fingerprint density at radius 3 is 2.68 bits per heavy atom. The Balaban J connectivity index is 2.00. The molecule has 4 heteroatoms. The summed E-state index contributed by atoms with van der Waals surface area (Å²) in [5, 5.41) is 3.25. The Labute approximate surface area is 118 Å². The number of nitrogens with one attached hydrogen (secondary N) is 1. The molecule has 19 heavy (non-hydrogen) atoms. The molecule has 0 aromatic carbocycles. The second-order valence-electron chi connectivity index (χ2n) is 5.79. The van der Waals surface area contributed by atoms with E-state index in [-0.39, 0.29) is 0 Å². The second-order valence-corrected chi connectivity index (χ2v) is 5.79. The van der Waals surface area contributed by atoms with Gasteiger partial charge >= 0.3 is 0 Å². The smallest absolute Gasteiger partial charge is 0.188 e. The molecule has 0 amide bonds. The fourth-order valence-electron chi connectivity index (χ4n) is 2.55. The van der Waals surface area contributed by atoms with Gasteiger partial charge in [0.2, 0.25) is 0 Å². The standard InChI is InChI=1S/C15H32N4/c1-3-4-5-6-10-17-15(16)18-11-7-14-8-12-19(2)13-9-14/h14H,3-13H2,1-2H3,(H3,16,17,18). The van der Waals surface area contributed by atoms with Gasteiger partial charge in [-0.15, -0.1) is 0 Å². The van der Waals surface area contributed by atoms with Crippen molar-refractivity contribution < 1.29 is 0 Å². The fraction of sp³-hybridized carbons (Fsp3) is 0.933. The molecule has 1 heterocycles. The molecule has 0 aromatic heterocycles. The maximum absolute atomic E-state index is 5.86. The van der Waals surface area contributed by atoms with E-state index in [0.29, 0.717) is 5.96 Å². The van der Waals surface area contributed by atoms with Gasteiger partial charge in [0.1, 0.15) is 0 Å². The minimum Gasteiger partial charge on any atom is -0.370 e. The highest BCUT2D eigenvalue weighted by atomic mass is 15.1. The average Bonchev–Trinajstić information content (AvgIpc) is 2.41. The molecule has 0 aromatic rings. The van der Waals surface area contributed by atoms with Gasteiger partial charge in [-0.05, 0) is 51.7 Å². The van der Waals surface area contributed by atoms with Gasteiger partial charge in [-0.25, -0.2) is 0 Å². The van der Waals surface area contributed by atoms with Crippen LogP contribution >= 0.6 is 0 Å². The average molecular weight is 268 g/mol. The zero-order valence-corrected chi connectivity index (χ0v) is 12.8. The topological polar surface area (TPSA) is 53.6 Å². The van der Waals surface area contributed by atoms with Crippen LogP contribution in [0, 0.1) is 5.92 Å². The highest BCUT2D eigenvalue weighted by Crippen LogP contribution is 2.18. The number of likely N-dealkylation sites (tertiary alicyclic amines) is 1. The van der Waals surface area contributed by atoms with Crippen molar-refractivity contribution >= 4 is 5.96 Å². The lowest BCUT2D eigenvalue weighted by molar-refractivity contribution is 0.213. The van der Waals surface area contributed by atoms with Crippen molar-refractivity contribution in [1.82, 2.24) is 10.2 Å². The normalized spacial score (nSPS) is 18.7. The van der Waals surface area contributed by atoms with Crippen LogP contribution in [-0.4, -0.2) is 44.1 Å². The van der Waals surface area contributed by atoms with Crippen LogP contribution in [-0.2, 0) is 0 Å². The summed E-state index contributed by atoms with van der Waals surface area (Å²) in [7, 11) is 2.21. The number of nitrogens with zero attached hydrogens (tertiary/aromatic N) is 2. The molecule has 1 aliphatic rings. The third-order valence-corrected chi connectivity index (χ3v) is 3.99. The molecule has 1 rings (SSSR count). The summed E-state index contributed by atoms with van der Waals surface area (Å²) in [5.74, 6) is 1.49. The molecule has 0 unspecified atom stereocenters. The largest absolute Gasteiger partial charge is 0.370 e. The Morgan fingerprint density at radius 2 is 2.00 bits per heavy atom. The lowest BCUT2D eigenvalue weighted by Crippen LogP contribution is -2.35. The number of piperidine rings is 1. The van der Waals surface area contributed by atoms with Crippen LogP contribution in [0.2, 0.25) is 0 Å². The Hall–Kier alpha value is -0.770. The van der Waals surface area contributed by atoms with Crippen molar-refractivity contribution in [2.45, 2.75) is 51.9 Å². The molecule has 1 saturated heterocycles. The van der Waals surface area contributed by atoms with E-state index in [2.05, 4.69) is 29.2 Å². The van der Waals surface area contributed by atoms with Crippen LogP contribution < -0.4 is 11.1 Å². The Kier molecular flexibility index (Phi) is 8.63. The SMILES string of the molecule is CCCCCCN=C(N)NCCC1CCN(C)CC1. The maximum atomic E-state index is 5.86. The molecule has 112 valence electrons. The van der Waals surface area contributed by atoms with Crippen LogP contribution in [0.1, 0.15) is 51.9 Å². The van der Waals surface area contributed by atoms with E-state index in [1.807, 2.05) is 0 Å². The summed E-state index contributed by atoms with van der Waals surface area (Å²) in [6, 6.07) is 0. The number of aliphatic imine (C=N–C) groups is 1. The van der Waals surface area contributed by atoms with Gasteiger partial charge in [0.15, 0.2) is 5.96 Å². The number of guanidine groups is 1. The first-order valence-electron chi connectivity index (χ1n) is 7.94. The van der Waals surface area contributed by atoms with Crippen LogP contribution in [0.15, 0.2) is 4.99 Å². The van der Waals surface area contributed by atoms with Crippen LogP contribution in [0.25, 0.3) is 0 Å². The minimum atomic E-state index is 0.629. The fourth-order valence-corrected chi connectivity index (χ4v) is 2.55. The number of rotatable bonds is 8. The summed E-state index contributed by atoms with van der Waals surface area (Å²) >= 11 is 0. The first-order chi connectivity index (χ1) is 9.22. The van der Waals surface area contributed by atoms with Gasteiger partial charge in [0.25, 0.3) is 0 Å². The molecule has 0 aliphatic carbocycles. The predicted molar refractivity (Wildman–Crippen MR) is 83.5 cm³/mol. The minimum absolute atomic E-state index is 0.629. The number of hydrogen-bond donors (Lipinski definition) is 2. The van der Waals surface area contributed by atoms with Gasteiger partial charge < -0.3 is 16.0 Å². The molecule has 4 nitrogen and oxygen atoms in total. The van der Waals surface area contributed by atoms with Crippen LogP contribution in [0.4, 0.5) is 0 Å². The van der Waals surface area contributed by atoms with E-state index in [1.54, 1.807) is 0 Å². The molecule has 0 radical (unpaired) electrons. The number of unbranched alkanes of at least 4 members (excludes halogenated alkanes) is 3. The molecular weight excluding hydrogens is 236 g/mol. The lowest BCUT2D eigenvalue weighted by Gasteiger charge is -2.28. The summed E-state index contributed by atoms with van der Waals surface area (Å²) in [6.07, 6.45) is 8.87. The lowest BCUT2D eigenvalue weighted by atomic mass is 9.94. The molecular formula is C15H32N4. The third kappa shape index (κ3) is 8.09. The highest BCUT2D eigenvalue weighted by molar-refractivity contribution is 5.77. The van der Waals surface area contributed by atoms with Crippen LogP contribution in [0.3, 0.4) is 0 Å². The Morgan fingerprint density at radius 1 is 1.26 bits per heavy atom. The first kappa shape index (κ1) is 16.3. The molecule has 3 N–H and O–H groups in total. The van der Waals surface area contributed by atoms with Gasteiger partial charge in [-0.1, -0.05) is 26.2 Å². The third-order valence-electron chi connectivity index (χ3n) is 3.99. The van der Waals surface area contributed by atoms with E-state index in [9.17, 15) is 0 Å². The van der Waals surface area contributed by atoms with Gasteiger partial charge in [0, 0.05) is 13.1 Å². The zero-order valence-electron chi connectivity index (χ0n) is 12.8. The summed E-state index contributed by atoms with van der Waals surface area (Å²) in [5.41, 5.74) is 5.86. The molecule has 1 aliphatic heterocycles. The summed E-state index contributed by atoms with van der Waals surface area (Å²) in [6.45, 7) is 6.55. The van der Waals surface area contributed by atoms with E-state index in [4.69, 9.17) is 5.73 Å². The van der Waals surface area contributed by atoms with E-state index < -0.39 is 0 Å². The maximum Gasteiger partial charge on any atom is 0.188 e. The molecule has 0 spiro atoms.